The molecule has 3 aliphatic carbocycles. The fraction of sp³-hybridized carbons (Fsp3) is 0.370. The number of fused-ring (bicyclic) bond motifs is 6. The van der Waals surface area contributed by atoms with E-state index in [1.807, 2.05) is 42.9 Å². The average molecular weight is 1730 g/mol. The van der Waals surface area contributed by atoms with Gasteiger partial charge in [-0.05, 0) is 89.5 Å². The number of nitrogens with zero attached hydrogens (tertiary/aromatic N) is 25. The number of aromatic nitrogens is 21. The summed E-state index contributed by atoms with van der Waals surface area (Å²) in [7, 11) is 1.82. The van der Waals surface area contributed by atoms with Crippen molar-refractivity contribution in [2.45, 2.75) is 141 Å². The van der Waals surface area contributed by atoms with Gasteiger partial charge in [0.25, 0.3) is 0 Å². The standard InChI is InChI=1S/C35H36N10O.C29H33N11O2.C28H31N11O2/c46-34(44-15-12-31-33(22-44)40-42-39-31)23-45-20-30(32(41-45)21-43-13-10-25(11-14-43)24-6-2-1-3-7-24)28-18-36-35(37-19-28)38-29-16-26-8-4-5-9-27(26)17-29;1-37-8-9-38(17-27(37)41)15-25-23(14-40(35-25)18-28(42)39-7-6-24-26(16-39)34-36-33-24)21-12-30-29(31-13-21)32-22-10-19-4-2-3-5-20(19)11-22;40-26-13-29-6-8-38(26)15-24-22(14-39(35-24)17-27(41)37-7-5-23-25(16-37)34-36-33-23)20-11-30-28(31-12-20)32-21-9-18-3-1-2-4-19(18)10-21/h1-10,18-20,29H,11-17,21-23H2,(H,36,37,38)(H,39,40,42);2-5,12-14,22H,6-11,15-18H2,1H3,(H,30,31,32)(H,33,34,36);1-4,11-12,14,21,29H,5-10,13,15-17H2,(H,30,31,32)(H,33,34,36). The first kappa shape index (κ1) is 82.8. The zero-order chi connectivity index (χ0) is 87.3. The topological polar surface area (TPSA) is 412 Å². The number of H-pyrrole nitrogens is 3. The Morgan fingerprint density at radius 1 is 0.388 bits per heavy atom. The fourth-order valence-electron chi connectivity index (χ4n) is 18.6. The highest BCUT2D eigenvalue weighted by Crippen LogP contribution is 2.34. The molecule has 0 spiro atoms. The fourth-order valence-corrected chi connectivity index (χ4v) is 18.6. The summed E-state index contributed by atoms with van der Waals surface area (Å²) in [4.78, 5) is 106. The maximum Gasteiger partial charge on any atom is 0.244 e. The van der Waals surface area contributed by atoms with E-state index in [9.17, 15) is 24.0 Å². The van der Waals surface area contributed by atoms with E-state index in [1.165, 1.54) is 44.5 Å². The second-order valence-corrected chi connectivity index (χ2v) is 34.4. The monoisotopic (exact) mass is 1730 g/mol. The van der Waals surface area contributed by atoms with E-state index < -0.39 is 0 Å². The summed E-state index contributed by atoms with van der Waals surface area (Å²) in [5, 5.41) is 61.1. The molecule has 658 valence electrons. The van der Waals surface area contributed by atoms with Crippen LogP contribution in [0.3, 0.4) is 0 Å². The average Bonchev–Trinajstić information content (AvgIpc) is 1.66. The van der Waals surface area contributed by atoms with Gasteiger partial charge in [-0.3, -0.25) is 47.8 Å². The molecule has 13 aromatic rings. The molecule has 9 aliphatic rings. The van der Waals surface area contributed by atoms with Crippen LogP contribution in [0.1, 0.15) is 96.6 Å². The lowest BCUT2D eigenvalue weighted by Gasteiger charge is -2.31. The van der Waals surface area contributed by atoms with Gasteiger partial charge in [-0.2, -0.15) is 61.5 Å². The van der Waals surface area contributed by atoms with Gasteiger partial charge in [-0.25, -0.2) is 29.9 Å². The Bertz CT molecular complexity index is 6180. The van der Waals surface area contributed by atoms with Crippen LogP contribution in [0.25, 0.3) is 39.0 Å². The highest BCUT2D eigenvalue weighted by Gasteiger charge is 2.33. The normalized spacial score (nSPS) is 17.0. The number of carbonyl (C=O) groups excluding carboxylic acids is 5. The van der Waals surface area contributed by atoms with Gasteiger partial charge in [0, 0.05) is 206 Å². The highest BCUT2D eigenvalue weighted by atomic mass is 16.2. The minimum atomic E-state index is -0.0501. The van der Waals surface area contributed by atoms with Crippen LogP contribution in [-0.2, 0) is 141 Å². The Hall–Kier alpha value is -14.5. The van der Waals surface area contributed by atoms with Crippen LogP contribution in [0.5, 0.6) is 0 Å². The molecule has 15 heterocycles. The second-order valence-electron chi connectivity index (χ2n) is 34.4. The predicted octanol–water partition coefficient (Wildman–Crippen LogP) is 5.36. The molecule has 2 saturated heterocycles. The van der Waals surface area contributed by atoms with E-state index in [1.54, 1.807) is 58.4 Å². The van der Waals surface area contributed by atoms with Crippen molar-refractivity contribution < 1.29 is 24.0 Å². The minimum Gasteiger partial charge on any atom is -0.351 e. The van der Waals surface area contributed by atoms with E-state index in [0.717, 1.165) is 150 Å². The molecule has 7 N–H and O–H groups in total. The minimum absolute atomic E-state index is 0.0102. The Morgan fingerprint density at radius 2 is 0.760 bits per heavy atom. The molecule has 0 unspecified atom stereocenters. The molecule has 22 rings (SSSR count). The van der Waals surface area contributed by atoms with Gasteiger partial charge in [0.05, 0.1) is 73.4 Å². The van der Waals surface area contributed by atoms with E-state index in [-0.39, 0.29) is 67.3 Å². The van der Waals surface area contributed by atoms with Crippen molar-refractivity contribution in [3.63, 3.8) is 0 Å². The van der Waals surface area contributed by atoms with Gasteiger partial charge >= 0.3 is 0 Å². The Kier molecular flexibility index (Phi) is 23.9. The number of aromatic amines is 3. The van der Waals surface area contributed by atoms with Crippen LogP contribution in [0.15, 0.2) is 165 Å². The molecule has 2 fully saturated rings. The van der Waals surface area contributed by atoms with Crippen molar-refractivity contribution in [3.8, 4) is 33.4 Å². The van der Waals surface area contributed by atoms with Gasteiger partial charge in [0.2, 0.25) is 47.4 Å². The maximum absolute atomic E-state index is 13.4. The third-order valence-corrected chi connectivity index (χ3v) is 25.7. The molecule has 0 saturated carbocycles. The third kappa shape index (κ3) is 19.2. The summed E-state index contributed by atoms with van der Waals surface area (Å²) in [5.74, 6) is 1.82. The van der Waals surface area contributed by atoms with Crippen LogP contribution in [0, 0.1) is 0 Å². The first-order chi connectivity index (χ1) is 63.2. The van der Waals surface area contributed by atoms with Crippen molar-refractivity contribution in [1.82, 2.24) is 145 Å². The van der Waals surface area contributed by atoms with Crippen LogP contribution in [-0.4, -0.2) is 266 Å². The van der Waals surface area contributed by atoms with E-state index >= 15 is 0 Å². The zero-order valence-electron chi connectivity index (χ0n) is 71.8. The summed E-state index contributed by atoms with van der Waals surface area (Å²) < 4.78 is 5.10. The smallest absolute Gasteiger partial charge is 0.244 e. The highest BCUT2D eigenvalue weighted by molar-refractivity contribution is 5.81. The molecule has 6 aliphatic heterocycles. The van der Waals surface area contributed by atoms with Crippen LogP contribution in [0.2, 0.25) is 0 Å². The first-order valence-corrected chi connectivity index (χ1v) is 44.3. The van der Waals surface area contributed by atoms with E-state index in [2.05, 4.69) is 206 Å². The van der Waals surface area contributed by atoms with Gasteiger partial charge in [0.1, 0.15) is 36.7 Å². The molecule has 37 nitrogen and oxygen atoms in total. The number of piperazine rings is 2. The Balaban J connectivity index is 0.000000122. The molecule has 5 amide bonds. The number of nitrogens with one attached hydrogen (secondary N) is 7. The molecule has 37 heteroatoms. The summed E-state index contributed by atoms with van der Waals surface area (Å²) in [6.07, 6.45) is 27.7. The van der Waals surface area contributed by atoms with Gasteiger partial charge < -0.3 is 45.8 Å². The first-order valence-electron chi connectivity index (χ1n) is 44.3. The summed E-state index contributed by atoms with van der Waals surface area (Å²) >= 11 is 0. The lowest BCUT2D eigenvalue weighted by Crippen LogP contribution is -2.48. The lowest BCUT2D eigenvalue weighted by molar-refractivity contribution is -0.135. The second kappa shape index (κ2) is 37.2. The lowest BCUT2D eigenvalue weighted by atomic mass is 9.99. The molecule has 0 bridgehead atoms. The van der Waals surface area contributed by atoms with E-state index in [0.29, 0.717) is 128 Å². The Morgan fingerprint density at radius 3 is 1.13 bits per heavy atom. The number of anilines is 3. The summed E-state index contributed by atoms with van der Waals surface area (Å²) in [6, 6.07) is 37.0. The number of hydrogen-bond donors (Lipinski definition) is 7. The van der Waals surface area contributed by atoms with Crippen LogP contribution < -0.4 is 21.3 Å². The largest absolute Gasteiger partial charge is 0.351 e. The van der Waals surface area contributed by atoms with Crippen molar-refractivity contribution in [2.24, 2.45) is 0 Å². The van der Waals surface area contributed by atoms with Gasteiger partial charge in [0.15, 0.2) is 0 Å². The number of benzene rings is 4. The summed E-state index contributed by atoms with van der Waals surface area (Å²) in [6.45, 7) is 10.1. The molecule has 0 radical (unpaired) electrons. The molecule has 4 aromatic carbocycles. The molecular weight excluding hydrogens is 1630 g/mol. The number of amides is 5. The molecule has 9 aromatic heterocycles. The van der Waals surface area contributed by atoms with Crippen molar-refractivity contribution in [2.75, 3.05) is 95.0 Å². The summed E-state index contributed by atoms with van der Waals surface area (Å²) in [5.41, 5.74) is 23.6. The van der Waals surface area contributed by atoms with Crippen LogP contribution in [0.4, 0.5) is 17.8 Å². The molecular formula is C92H100N32O5. The number of hydrogen-bond acceptors (Lipinski definition) is 26. The van der Waals surface area contributed by atoms with Crippen molar-refractivity contribution in [3.05, 3.63) is 255 Å². The van der Waals surface area contributed by atoms with Crippen molar-refractivity contribution >= 4 is 53.0 Å². The van der Waals surface area contributed by atoms with Crippen LogP contribution >= 0.6 is 0 Å². The Labute approximate surface area is 743 Å². The zero-order valence-corrected chi connectivity index (χ0v) is 71.8. The third-order valence-electron chi connectivity index (χ3n) is 25.7. The SMILES string of the molecule is CN1CCN(Cc2nn(CC(=O)N3CCc4n[nH]nc4C3)cc2-c2cnc(NC3Cc4ccccc4C3)nc2)CC1=O.O=C(Cn1cc(-c2cnc(NC3Cc4ccccc4C3)nc2)c(CN2CC=C(c3ccccc3)CC2)n1)N1CCc2n[nH]nc2C1.O=C1CNCCN1Cc1nn(CC(=O)N2CCc3n[nH]nc3C2)cc1-c1cnc(NC2Cc3ccccc3C2)nc1. The quantitative estimate of drug-likeness (QED) is 0.0449. The predicted molar refractivity (Wildman–Crippen MR) is 476 cm³/mol. The van der Waals surface area contributed by atoms with Crippen molar-refractivity contribution in [1.29, 1.82) is 0 Å². The number of carbonyl (C=O) groups is 5. The maximum atomic E-state index is 13.4. The van der Waals surface area contributed by atoms with Gasteiger partial charge in [-0.1, -0.05) is 109 Å². The molecule has 129 heavy (non-hydrogen) atoms. The molecule has 0 atom stereocenters. The number of rotatable bonds is 22. The number of likely N-dealkylation sites (N-methyl/N-ethyl adjacent to an activating group) is 1. The van der Waals surface area contributed by atoms with Gasteiger partial charge in [-0.15, -0.1) is 0 Å². The van der Waals surface area contributed by atoms with E-state index in [4.69, 9.17) is 25.3 Å².